The number of anilines is 1. The number of aromatic nitrogens is 2. The van der Waals surface area contributed by atoms with Gasteiger partial charge in [0.25, 0.3) is 0 Å². The second-order valence-corrected chi connectivity index (χ2v) is 5.89. The van der Waals surface area contributed by atoms with Crippen LogP contribution in [0.15, 0.2) is 60.8 Å². The summed E-state index contributed by atoms with van der Waals surface area (Å²) < 4.78 is 7.73. The Hall–Kier alpha value is -2.75. The maximum atomic E-state index is 5.84. The van der Waals surface area contributed by atoms with E-state index < -0.39 is 0 Å². The number of para-hydroxylation sites is 1. The summed E-state index contributed by atoms with van der Waals surface area (Å²) in [6.45, 7) is 2.98. The van der Waals surface area contributed by atoms with Gasteiger partial charge in [-0.25, -0.2) is 0 Å². The van der Waals surface area contributed by atoms with Gasteiger partial charge in [0.15, 0.2) is 0 Å². The molecule has 0 fully saturated rings. The second kappa shape index (κ2) is 7.21. The molecule has 1 heterocycles. The number of rotatable bonds is 6. The van der Waals surface area contributed by atoms with Crippen molar-refractivity contribution in [2.24, 2.45) is 7.05 Å². The molecule has 2 aromatic carbocycles. The lowest BCUT2D eigenvalue weighted by molar-refractivity contribution is 0.482. The Labute approximate surface area is 143 Å². The Morgan fingerprint density at radius 3 is 2.33 bits per heavy atom. The second-order valence-electron chi connectivity index (χ2n) is 5.89. The summed E-state index contributed by atoms with van der Waals surface area (Å²) in [6.07, 6.45) is 3.05. The number of hydrogen-bond donors (Lipinski definition) is 0. The van der Waals surface area contributed by atoms with Crippen LogP contribution in [0.2, 0.25) is 0 Å². The van der Waals surface area contributed by atoms with Crippen LogP contribution in [0.25, 0.3) is 0 Å². The van der Waals surface area contributed by atoms with E-state index in [4.69, 9.17) is 4.74 Å². The first-order valence-electron chi connectivity index (χ1n) is 8.21. The van der Waals surface area contributed by atoms with E-state index in [-0.39, 0.29) is 0 Å². The molecule has 1 aromatic heterocycles. The molecule has 0 atom stereocenters. The van der Waals surface area contributed by atoms with Crippen molar-refractivity contribution < 1.29 is 4.74 Å². The summed E-state index contributed by atoms with van der Waals surface area (Å²) >= 11 is 0. The van der Waals surface area contributed by atoms with Crippen molar-refractivity contribution in [3.8, 4) is 11.5 Å². The molecule has 24 heavy (non-hydrogen) atoms. The van der Waals surface area contributed by atoms with E-state index in [0.717, 1.165) is 35.8 Å². The van der Waals surface area contributed by atoms with Gasteiger partial charge in [-0.15, -0.1) is 0 Å². The lowest BCUT2D eigenvalue weighted by atomic mass is 10.2. The van der Waals surface area contributed by atoms with Crippen LogP contribution >= 0.6 is 0 Å². The van der Waals surface area contributed by atoms with Crippen molar-refractivity contribution in [1.29, 1.82) is 0 Å². The third-order valence-electron chi connectivity index (χ3n) is 3.99. The van der Waals surface area contributed by atoms with Crippen molar-refractivity contribution in [2.45, 2.75) is 19.9 Å². The molecule has 0 amide bonds. The molecule has 0 aliphatic carbocycles. The highest BCUT2D eigenvalue weighted by Crippen LogP contribution is 2.24. The van der Waals surface area contributed by atoms with Crippen molar-refractivity contribution in [3.05, 3.63) is 72.1 Å². The van der Waals surface area contributed by atoms with Gasteiger partial charge in [-0.1, -0.05) is 25.1 Å². The summed E-state index contributed by atoms with van der Waals surface area (Å²) in [7, 11) is 4.07. The SMILES string of the molecule is CCc1nn(C)cc1CN(C)c1ccc(Oc2ccccc2)cc1. The van der Waals surface area contributed by atoms with Crippen LogP contribution in [-0.2, 0) is 20.0 Å². The average Bonchev–Trinajstić information content (AvgIpc) is 2.96. The molecule has 4 nitrogen and oxygen atoms in total. The maximum absolute atomic E-state index is 5.84. The molecule has 0 N–H and O–H groups in total. The first-order valence-corrected chi connectivity index (χ1v) is 8.21. The molecule has 0 spiro atoms. The van der Waals surface area contributed by atoms with Crippen molar-refractivity contribution in [3.63, 3.8) is 0 Å². The Morgan fingerprint density at radius 1 is 1.00 bits per heavy atom. The van der Waals surface area contributed by atoms with Crippen LogP contribution in [-0.4, -0.2) is 16.8 Å². The van der Waals surface area contributed by atoms with Crippen LogP contribution in [0.5, 0.6) is 11.5 Å². The van der Waals surface area contributed by atoms with Crippen LogP contribution in [0, 0.1) is 0 Å². The summed E-state index contributed by atoms with van der Waals surface area (Å²) in [5.41, 5.74) is 3.59. The Balaban J connectivity index is 1.68. The van der Waals surface area contributed by atoms with Gasteiger partial charge in [0.2, 0.25) is 0 Å². The first kappa shape index (κ1) is 16.1. The standard InChI is InChI=1S/C20H23N3O/c1-4-20-16(15-23(3)21-20)14-22(2)17-10-12-19(13-11-17)24-18-8-6-5-7-9-18/h5-13,15H,4,14H2,1-3H3. The van der Waals surface area contributed by atoms with Crippen LogP contribution < -0.4 is 9.64 Å². The molecule has 4 heteroatoms. The molecule has 0 bridgehead atoms. The Morgan fingerprint density at radius 2 is 1.67 bits per heavy atom. The number of benzene rings is 2. The van der Waals surface area contributed by atoms with Gasteiger partial charge < -0.3 is 9.64 Å². The highest BCUT2D eigenvalue weighted by molar-refractivity contribution is 5.49. The van der Waals surface area contributed by atoms with Gasteiger partial charge in [0.05, 0.1) is 5.69 Å². The van der Waals surface area contributed by atoms with E-state index in [1.165, 1.54) is 5.56 Å². The summed E-state index contributed by atoms with van der Waals surface area (Å²) in [5, 5.41) is 4.51. The van der Waals surface area contributed by atoms with E-state index in [1.54, 1.807) is 0 Å². The normalized spacial score (nSPS) is 10.6. The van der Waals surface area contributed by atoms with Crippen LogP contribution in [0.3, 0.4) is 0 Å². The fourth-order valence-corrected chi connectivity index (χ4v) is 2.75. The lowest BCUT2D eigenvalue weighted by Crippen LogP contribution is -2.16. The smallest absolute Gasteiger partial charge is 0.127 e. The molecule has 3 aromatic rings. The predicted molar refractivity (Wildman–Crippen MR) is 97.7 cm³/mol. The van der Waals surface area contributed by atoms with E-state index >= 15 is 0 Å². The predicted octanol–water partition coefficient (Wildman–Crippen LogP) is 4.41. The topological polar surface area (TPSA) is 30.3 Å². The lowest BCUT2D eigenvalue weighted by Gasteiger charge is -2.19. The van der Waals surface area contributed by atoms with E-state index in [2.05, 4.69) is 42.3 Å². The zero-order chi connectivity index (χ0) is 16.9. The zero-order valence-electron chi connectivity index (χ0n) is 14.4. The van der Waals surface area contributed by atoms with Crippen molar-refractivity contribution in [1.82, 2.24) is 9.78 Å². The van der Waals surface area contributed by atoms with Gasteiger partial charge >= 0.3 is 0 Å². The molecule has 0 saturated carbocycles. The highest BCUT2D eigenvalue weighted by atomic mass is 16.5. The molecule has 0 unspecified atom stereocenters. The fraction of sp³-hybridized carbons (Fsp3) is 0.250. The highest BCUT2D eigenvalue weighted by Gasteiger charge is 2.09. The van der Waals surface area contributed by atoms with Crippen LogP contribution in [0.4, 0.5) is 5.69 Å². The third kappa shape index (κ3) is 3.77. The van der Waals surface area contributed by atoms with Gasteiger partial charge in [-0.05, 0) is 42.8 Å². The van der Waals surface area contributed by atoms with Crippen molar-refractivity contribution in [2.75, 3.05) is 11.9 Å². The molecule has 0 aliphatic heterocycles. The minimum Gasteiger partial charge on any atom is -0.457 e. The molecular formula is C20H23N3O. The van der Waals surface area contributed by atoms with Gasteiger partial charge in [0, 0.05) is 38.1 Å². The quantitative estimate of drug-likeness (QED) is 0.673. The number of nitrogens with zero attached hydrogens (tertiary/aromatic N) is 3. The summed E-state index contributed by atoms with van der Waals surface area (Å²) in [5.74, 6) is 1.69. The first-order chi connectivity index (χ1) is 11.7. The largest absolute Gasteiger partial charge is 0.457 e. The van der Waals surface area contributed by atoms with Gasteiger partial charge in [0.1, 0.15) is 11.5 Å². The molecule has 0 radical (unpaired) electrons. The monoisotopic (exact) mass is 321 g/mol. The Kier molecular flexibility index (Phi) is 4.85. The maximum Gasteiger partial charge on any atom is 0.127 e. The molecule has 0 saturated heterocycles. The van der Waals surface area contributed by atoms with E-state index in [9.17, 15) is 0 Å². The summed E-state index contributed by atoms with van der Waals surface area (Å²) in [6, 6.07) is 18.0. The molecule has 3 rings (SSSR count). The van der Waals surface area contributed by atoms with Crippen LogP contribution in [0.1, 0.15) is 18.2 Å². The van der Waals surface area contributed by atoms with Gasteiger partial charge in [-0.3, -0.25) is 4.68 Å². The zero-order valence-corrected chi connectivity index (χ0v) is 14.4. The Bertz CT molecular complexity index is 778. The van der Waals surface area contributed by atoms with E-state index in [1.807, 2.05) is 54.2 Å². The van der Waals surface area contributed by atoms with Gasteiger partial charge in [-0.2, -0.15) is 5.10 Å². The number of aryl methyl sites for hydroxylation is 2. The average molecular weight is 321 g/mol. The van der Waals surface area contributed by atoms with E-state index in [0.29, 0.717) is 0 Å². The third-order valence-corrected chi connectivity index (χ3v) is 3.99. The number of ether oxygens (including phenoxy) is 1. The fourth-order valence-electron chi connectivity index (χ4n) is 2.75. The minimum absolute atomic E-state index is 0.842. The summed E-state index contributed by atoms with van der Waals surface area (Å²) in [4.78, 5) is 2.22. The molecule has 124 valence electrons. The molecular weight excluding hydrogens is 298 g/mol. The minimum atomic E-state index is 0.842. The number of hydrogen-bond acceptors (Lipinski definition) is 3. The van der Waals surface area contributed by atoms with Crippen molar-refractivity contribution >= 4 is 5.69 Å². The molecule has 0 aliphatic rings.